The molecule has 2 aromatic rings. The highest BCUT2D eigenvalue weighted by atomic mass is 16.5. The van der Waals surface area contributed by atoms with Crippen LogP contribution in [0.15, 0.2) is 24.3 Å². The van der Waals surface area contributed by atoms with E-state index < -0.39 is 0 Å². The largest absolute Gasteiger partial charge is 0.368 e. The van der Waals surface area contributed by atoms with Gasteiger partial charge in [0.1, 0.15) is 11.9 Å². The predicted molar refractivity (Wildman–Crippen MR) is 127 cm³/mol. The average Bonchev–Trinajstić information content (AvgIpc) is 3.44. The van der Waals surface area contributed by atoms with Crippen LogP contribution in [0.2, 0.25) is 0 Å². The van der Waals surface area contributed by atoms with Crippen molar-refractivity contribution in [3.05, 3.63) is 30.1 Å². The Labute approximate surface area is 188 Å². The minimum atomic E-state index is -0.259. The van der Waals surface area contributed by atoms with Crippen molar-refractivity contribution in [2.75, 3.05) is 13.2 Å². The summed E-state index contributed by atoms with van der Waals surface area (Å²) in [4.78, 5) is 17.1. The smallest absolute Gasteiger partial charge is 0.249 e. The number of carbonyl (C=O) groups is 1. The van der Waals surface area contributed by atoms with E-state index in [2.05, 4.69) is 35.0 Å². The molecule has 1 aromatic carbocycles. The molecule has 0 radical (unpaired) electrons. The molecular formula is C26H41N3O2. The van der Waals surface area contributed by atoms with Crippen molar-refractivity contribution < 1.29 is 9.53 Å². The zero-order chi connectivity index (χ0) is 21.7. The number of benzene rings is 1. The van der Waals surface area contributed by atoms with Crippen LogP contribution in [0.4, 0.5) is 0 Å². The first-order valence-corrected chi connectivity index (χ1v) is 12.6. The maximum Gasteiger partial charge on any atom is 0.249 e. The second-order valence-corrected chi connectivity index (χ2v) is 8.89. The highest BCUT2D eigenvalue weighted by molar-refractivity contribution is 5.81. The first-order valence-electron chi connectivity index (χ1n) is 12.6. The molecular weight excluding hydrogens is 386 g/mol. The second-order valence-electron chi connectivity index (χ2n) is 8.89. The van der Waals surface area contributed by atoms with Gasteiger partial charge in [-0.3, -0.25) is 4.79 Å². The molecule has 1 saturated heterocycles. The van der Waals surface area contributed by atoms with Gasteiger partial charge in [0.25, 0.3) is 0 Å². The summed E-state index contributed by atoms with van der Waals surface area (Å²) in [5.74, 6) is 1.10. The average molecular weight is 428 g/mol. The molecule has 0 bridgehead atoms. The molecule has 172 valence electrons. The van der Waals surface area contributed by atoms with Gasteiger partial charge in [0, 0.05) is 26.1 Å². The monoisotopic (exact) mass is 427 g/mol. The standard InChI is InChI=1S/C26H41N3O2/c1-2-3-4-5-6-7-8-9-10-13-20-29-23-16-12-11-15-22(23)28-25(29)18-19-27-26(30)24-17-14-21-31-24/h11-12,15-16,24H,2-10,13-14,17-21H2,1H3,(H,27,30). The SMILES string of the molecule is CCCCCCCCCCCCn1c(CCNC(=O)C2CCCO2)nc2ccccc21. The van der Waals surface area contributed by atoms with Crippen molar-refractivity contribution in [1.29, 1.82) is 0 Å². The van der Waals surface area contributed by atoms with Crippen LogP contribution in [0.3, 0.4) is 0 Å². The number of unbranched alkanes of at least 4 members (excludes halogenated alkanes) is 9. The zero-order valence-electron chi connectivity index (χ0n) is 19.4. The van der Waals surface area contributed by atoms with Gasteiger partial charge in [-0.25, -0.2) is 4.98 Å². The molecule has 0 spiro atoms. The molecule has 0 saturated carbocycles. The molecule has 1 aliphatic rings. The minimum absolute atomic E-state index is 0.0230. The van der Waals surface area contributed by atoms with Crippen molar-refractivity contribution in [3.8, 4) is 0 Å². The number of amides is 1. The Bertz CT molecular complexity index is 780. The van der Waals surface area contributed by atoms with Crippen LogP contribution in [0.25, 0.3) is 11.0 Å². The van der Waals surface area contributed by atoms with E-state index in [0.717, 1.165) is 37.1 Å². The fraction of sp³-hybridized carbons (Fsp3) is 0.692. The number of imidazole rings is 1. The van der Waals surface area contributed by atoms with E-state index in [0.29, 0.717) is 13.2 Å². The topological polar surface area (TPSA) is 56.2 Å². The van der Waals surface area contributed by atoms with Crippen LogP contribution in [0.1, 0.15) is 89.8 Å². The molecule has 0 aliphatic carbocycles. The fourth-order valence-electron chi connectivity index (χ4n) is 4.52. The maximum atomic E-state index is 12.2. The fourth-order valence-corrected chi connectivity index (χ4v) is 4.52. The number of carbonyl (C=O) groups excluding carboxylic acids is 1. The Hall–Kier alpha value is -1.88. The number of rotatable bonds is 15. The van der Waals surface area contributed by atoms with E-state index in [9.17, 15) is 4.79 Å². The summed E-state index contributed by atoms with van der Waals surface area (Å²) in [6.45, 7) is 4.59. The number of aromatic nitrogens is 2. The van der Waals surface area contributed by atoms with Gasteiger partial charge in [0.2, 0.25) is 5.91 Å². The number of ether oxygens (including phenoxy) is 1. The molecule has 1 fully saturated rings. The first kappa shape index (κ1) is 23.8. The molecule has 1 N–H and O–H groups in total. The lowest BCUT2D eigenvalue weighted by Gasteiger charge is -2.12. The van der Waals surface area contributed by atoms with Gasteiger partial charge in [-0.15, -0.1) is 0 Å². The van der Waals surface area contributed by atoms with Gasteiger partial charge in [-0.1, -0.05) is 76.8 Å². The molecule has 1 unspecified atom stereocenters. The zero-order valence-corrected chi connectivity index (χ0v) is 19.4. The summed E-state index contributed by atoms with van der Waals surface area (Å²) in [6, 6.07) is 8.37. The summed E-state index contributed by atoms with van der Waals surface area (Å²) in [5, 5.41) is 3.04. The van der Waals surface area contributed by atoms with Crippen LogP contribution < -0.4 is 5.32 Å². The molecule has 31 heavy (non-hydrogen) atoms. The third-order valence-corrected chi connectivity index (χ3v) is 6.34. The Morgan fingerprint density at radius 3 is 2.48 bits per heavy atom. The van der Waals surface area contributed by atoms with Crippen LogP contribution in [-0.2, 0) is 22.5 Å². The summed E-state index contributed by atoms with van der Waals surface area (Å²) in [6.07, 6.45) is 15.8. The van der Waals surface area contributed by atoms with Gasteiger partial charge in [-0.05, 0) is 31.4 Å². The lowest BCUT2D eigenvalue weighted by Crippen LogP contribution is -2.35. The van der Waals surface area contributed by atoms with Crippen molar-refractivity contribution in [3.63, 3.8) is 0 Å². The highest BCUT2D eigenvalue weighted by Gasteiger charge is 2.23. The molecule has 3 rings (SSSR count). The Morgan fingerprint density at radius 2 is 1.77 bits per heavy atom. The van der Waals surface area contributed by atoms with E-state index in [1.807, 2.05) is 6.07 Å². The number of nitrogens with one attached hydrogen (secondary N) is 1. The molecule has 1 aromatic heterocycles. The van der Waals surface area contributed by atoms with Crippen LogP contribution in [0, 0.1) is 0 Å². The Kier molecular flexibility index (Phi) is 10.4. The van der Waals surface area contributed by atoms with E-state index in [-0.39, 0.29) is 12.0 Å². The molecule has 5 heteroatoms. The van der Waals surface area contributed by atoms with Gasteiger partial charge < -0.3 is 14.6 Å². The van der Waals surface area contributed by atoms with Crippen LogP contribution in [-0.4, -0.2) is 34.7 Å². The van der Waals surface area contributed by atoms with E-state index in [1.165, 1.54) is 69.7 Å². The van der Waals surface area contributed by atoms with Gasteiger partial charge in [0.05, 0.1) is 11.0 Å². The lowest BCUT2D eigenvalue weighted by molar-refractivity contribution is -0.130. The molecule has 1 atom stereocenters. The summed E-state index contributed by atoms with van der Waals surface area (Å²) in [5.41, 5.74) is 2.26. The van der Waals surface area contributed by atoms with Gasteiger partial charge >= 0.3 is 0 Å². The quantitative estimate of drug-likeness (QED) is 0.366. The van der Waals surface area contributed by atoms with Crippen LogP contribution >= 0.6 is 0 Å². The maximum absolute atomic E-state index is 12.2. The normalized spacial score (nSPS) is 16.2. The number of aryl methyl sites for hydroxylation is 1. The summed E-state index contributed by atoms with van der Waals surface area (Å²) >= 11 is 0. The van der Waals surface area contributed by atoms with Crippen LogP contribution in [0.5, 0.6) is 0 Å². The van der Waals surface area contributed by atoms with Gasteiger partial charge in [-0.2, -0.15) is 0 Å². The third kappa shape index (κ3) is 7.64. The summed E-state index contributed by atoms with van der Waals surface area (Å²) < 4.78 is 7.83. The predicted octanol–water partition coefficient (Wildman–Crippen LogP) is 5.79. The van der Waals surface area contributed by atoms with Gasteiger partial charge in [0.15, 0.2) is 0 Å². The van der Waals surface area contributed by atoms with Crippen molar-refractivity contribution in [2.24, 2.45) is 0 Å². The third-order valence-electron chi connectivity index (χ3n) is 6.34. The number of hydrogen-bond donors (Lipinski definition) is 1. The Morgan fingerprint density at radius 1 is 1.06 bits per heavy atom. The number of para-hydroxylation sites is 2. The number of hydrogen-bond acceptors (Lipinski definition) is 3. The van der Waals surface area contributed by atoms with E-state index >= 15 is 0 Å². The summed E-state index contributed by atoms with van der Waals surface area (Å²) in [7, 11) is 0. The second kappa shape index (κ2) is 13.5. The molecule has 1 amide bonds. The molecule has 1 aliphatic heterocycles. The van der Waals surface area contributed by atoms with E-state index in [1.54, 1.807) is 0 Å². The first-order chi connectivity index (χ1) is 15.3. The van der Waals surface area contributed by atoms with E-state index in [4.69, 9.17) is 9.72 Å². The Balaban J connectivity index is 1.41. The minimum Gasteiger partial charge on any atom is -0.368 e. The van der Waals surface area contributed by atoms with Crippen molar-refractivity contribution in [2.45, 2.75) is 103 Å². The molecule has 5 nitrogen and oxygen atoms in total. The lowest BCUT2D eigenvalue weighted by atomic mass is 10.1. The molecule has 2 heterocycles. The number of nitrogens with zero attached hydrogens (tertiary/aromatic N) is 2. The number of fused-ring (bicyclic) bond motifs is 1. The highest BCUT2D eigenvalue weighted by Crippen LogP contribution is 2.18. The van der Waals surface area contributed by atoms with Crippen molar-refractivity contribution >= 4 is 16.9 Å². The van der Waals surface area contributed by atoms with Crippen molar-refractivity contribution in [1.82, 2.24) is 14.9 Å².